The second-order valence-corrected chi connectivity index (χ2v) is 3.76. The van der Waals surface area contributed by atoms with Crippen molar-refractivity contribution in [3.63, 3.8) is 0 Å². The van der Waals surface area contributed by atoms with Crippen LogP contribution in [0.4, 0.5) is 5.82 Å². The van der Waals surface area contributed by atoms with Gasteiger partial charge in [-0.25, -0.2) is 14.8 Å². The smallest absolute Gasteiger partial charge is 0.328 e. The lowest BCUT2D eigenvalue weighted by molar-refractivity contribution is -0.142. The van der Waals surface area contributed by atoms with Crippen LogP contribution in [-0.2, 0) is 4.79 Å². The summed E-state index contributed by atoms with van der Waals surface area (Å²) >= 11 is 0. The van der Waals surface area contributed by atoms with Crippen molar-refractivity contribution in [1.29, 1.82) is 5.26 Å². The molecule has 0 spiro atoms. The van der Waals surface area contributed by atoms with Crippen LogP contribution in [0.5, 0.6) is 0 Å². The number of aromatic nitrogens is 2. The number of likely N-dealkylation sites (N-methyl/N-ethyl adjacent to an activating group) is 1. The SMILES string of the molecule is CN(c1nccnc1C#N)C(C)(C)C(=O)O. The van der Waals surface area contributed by atoms with Gasteiger partial charge in [-0.3, -0.25) is 0 Å². The number of anilines is 1. The van der Waals surface area contributed by atoms with Gasteiger partial charge in [-0.2, -0.15) is 5.26 Å². The normalized spacial score (nSPS) is 10.6. The highest BCUT2D eigenvalue weighted by molar-refractivity contribution is 5.82. The monoisotopic (exact) mass is 220 g/mol. The molecule has 1 heterocycles. The highest BCUT2D eigenvalue weighted by Crippen LogP contribution is 2.22. The van der Waals surface area contributed by atoms with E-state index in [-0.39, 0.29) is 11.5 Å². The number of carboxylic acids is 1. The zero-order chi connectivity index (χ0) is 12.3. The van der Waals surface area contributed by atoms with Crippen LogP contribution in [-0.4, -0.2) is 33.6 Å². The fourth-order valence-corrected chi connectivity index (χ4v) is 1.06. The summed E-state index contributed by atoms with van der Waals surface area (Å²) in [6.07, 6.45) is 2.81. The minimum atomic E-state index is -1.15. The number of rotatable bonds is 3. The van der Waals surface area contributed by atoms with Crippen molar-refractivity contribution in [2.45, 2.75) is 19.4 Å². The van der Waals surface area contributed by atoms with E-state index >= 15 is 0 Å². The molecule has 1 rings (SSSR count). The molecule has 0 aliphatic rings. The van der Waals surface area contributed by atoms with Crippen LogP contribution in [0.1, 0.15) is 19.5 Å². The summed E-state index contributed by atoms with van der Waals surface area (Å²) in [6, 6.07) is 1.88. The van der Waals surface area contributed by atoms with Crippen molar-refractivity contribution in [2.24, 2.45) is 0 Å². The van der Waals surface area contributed by atoms with E-state index < -0.39 is 11.5 Å². The number of carboxylic acid groups (broad SMARTS) is 1. The van der Waals surface area contributed by atoms with E-state index in [4.69, 9.17) is 10.4 Å². The Kier molecular flexibility index (Phi) is 3.09. The van der Waals surface area contributed by atoms with Crippen molar-refractivity contribution in [3.8, 4) is 6.07 Å². The van der Waals surface area contributed by atoms with E-state index in [1.54, 1.807) is 7.05 Å². The second kappa shape index (κ2) is 4.14. The van der Waals surface area contributed by atoms with Crippen LogP contribution in [0.2, 0.25) is 0 Å². The summed E-state index contributed by atoms with van der Waals surface area (Å²) in [4.78, 5) is 20.3. The third-order valence-electron chi connectivity index (χ3n) is 2.46. The van der Waals surface area contributed by atoms with Gasteiger partial charge in [0.25, 0.3) is 0 Å². The van der Waals surface area contributed by atoms with Crippen LogP contribution in [0.25, 0.3) is 0 Å². The van der Waals surface area contributed by atoms with Crippen molar-refractivity contribution >= 4 is 11.8 Å². The highest BCUT2D eigenvalue weighted by Gasteiger charge is 2.34. The average molecular weight is 220 g/mol. The van der Waals surface area contributed by atoms with Crippen LogP contribution in [0, 0.1) is 11.3 Å². The van der Waals surface area contributed by atoms with Crippen molar-refractivity contribution < 1.29 is 9.90 Å². The fraction of sp³-hybridized carbons (Fsp3) is 0.400. The summed E-state index contributed by atoms with van der Waals surface area (Å²) in [7, 11) is 1.57. The molecule has 0 fully saturated rings. The Morgan fingerprint density at radius 3 is 2.56 bits per heavy atom. The van der Waals surface area contributed by atoms with Gasteiger partial charge in [0.1, 0.15) is 11.6 Å². The lowest BCUT2D eigenvalue weighted by atomic mass is 10.0. The molecule has 0 amide bonds. The van der Waals surface area contributed by atoms with Crippen LogP contribution in [0.3, 0.4) is 0 Å². The highest BCUT2D eigenvalue weighted by atomic mass is 16.4. The Morgan fingerprint density at radius 1 is 1.50 bits per heavy atom. The molecule has 1 N–H and O–H groups in total. The molecule has 6 nitrogen and oxygen atoms in total. The molecule has 0 aliphatic heterocycles. The van der Waals surface area contributed by atoms with Gasteiger partial charge < -0.3 is 10.0 Å². The van der Waals surface area contributed by atoms with E-state index in [0.717, 1.165) is 0 Å². The molecule has 0 saturated heterocycles. The number of hydrogen-bond acceptors (Lipinski definition) is 5. The van der Waals surface area contributed by atoms with E-state index in [0.29, 0.717) is 0 Å². The Balaban J connectivity index is 3.20. The van der Waals surface area contributed by atoms with Gasteiger partial charge in [-0.05, 0) is 13.8 Å². The third-order valence-corrected chi connectivity index (χ3v) is 2.46. The van der Waals surface area contributed by atoms with Crippen LogP contribution in [0.15, 0.2) is 12.4 Å². The van der Waals surface area contributed by atoms with E-state index in [2.05, 4.69) is 9.97 Å². The maximum Gasteiger partial charge on any atom is 0.328 e. The van der Waals surface area contributed by atoms with Gasteiger partial charge in [0.15, 0.2) is 11.5 Å². The second-order valence-electron chi connectivity index (χ2n) is 3.76. The first-order chi connectivity index (χ1) is 7.41. The number of carbonyl (C=O) groups is 1. The summed E-state index contributed by atoms with van der Waals surface area (Å²) < 4.78 is 0. The summed E-state index contributed by atoms with van der Waals surface area (Å²) in [5, 5.41) is 17.9. The van der Waals surface area contributed by atoms with E-state index in [1.165, 1.54) is 31.1 Å². The number of nitrogens with zero attached hydrogens (tertiary/aromatic N) is 4. The lowest BCUT2D eigenvalue weighted by Crippen LogP contribution is -2.48. The van der Waals surface area contributed by atoms with Gasteiger partial charge in [-0.15, -0.1) is 0 Å². The van der Waals surface area contributed by atoms with E-state index in [1.807, 2.05) is 6.07 Å². The molecule has 6 heteroatoms. The predicted molar refractivity (Wildman–Crippen MR) is 56.9 cm³/mol. The van der Waals surface area contributed by atoms with Crippen LogP contribution < -0.4 is 4.90 Å². The van der Waals surface area contributed by atoms with Crippen molar-refractivity contribution in [1.82, 2.24) is 9.97 Å². The van der Waals surface area contributed by atoms with Crippen LogP contribution >= 0.6 is 0 Å². The molecule has 1 aromatic rings. The number of hydrogen-bond donors (Lipinski definition) is 1. The first-order valence-electron chi connectivity index (χ1n) is 4.59. The predicted octanol–water partition coefficient (Wildman–Crippen LogP) is 0.648. The first kappa shape index (κ1) is 11.9. The fourth-order valence-electron chi connectivity index (χ4n) is 1.06. The Labute approximate surface area is 93.2 Å². The molecule has 84 valence electrons. The molecule has 0 saturated carbocycles. The Hall–Kier alpha value is -2.16. The maximum atomic E-state index is 11.1. The number of nitriles is 1. The van der Waals surface area contributed by atoms with Gasteiger partial charge in [0, 0.05) is 19.4 Å². The van der Waals surface area contributed by atoms with Crippen molar-refractivity contribution in [3.05, 3.63) is 18.1 Å². The van der Waals surface area contributed by atoms with Gasteiger partial charge >= 0.3 is 5.97 Å². The lowest BCUT2D eigenvalue weighted by Gasteiger charge is -2.32. The minimum absolute atomic E-state index is 0.110. The minimum Gasteiger partial charge on any atom is -0.480 e. The third kappa shape index (κ3) is 1.93. The van der Waals surface area contributed by atoms with Gasteiger partial charge in [-0.1, -0.05) is 0 Å². The summed E-state index contributed by atoms with van der Waals surface area (Å²) in [6.45, 7) is 3.07. The standard InChI is InChI=1S/C10H12N4O2/c1-10(2,9(15)16)14(3)8-7(6-11)12-4-5-13-8/h4-5H,1-3H3,(H,15,16). The van der Waals surface area contributed by atoms with E-state index in [9.17, 15) is 4.79 Å². The van der Waals surface area contributed by atoms with Gasteiger partial charge in [0.2, 0.25) is 0 Å². The molecule has 0 aliphatic carbocycles. The molecule has 0 aromatic carbocycles. The maximum absolute atomic E-state index is 11.1. The molecule has 0 bridgehead atoms. The Bertz CT molecular complexity index is 450. The topological polar surface area (TPSA) is 90.1 Å². The van der Waals surface area contributed by atoms with Gasteiger partial charge in [0.05, 0.1) is 0 Å². The molecule has 0 unspecified atom stereocenters. The average Bonchev–Trinajstić information content (AvgIpc) is 2.27. The zero-order valence-corrected chi connectivity index (χ0v) is 9.30. The quantitative estimate of drug-likeness (QED) is 0.804. The number of aliphatic carboxylic acids is 1. The molecule has 1 aromatic heterocycles. The van der Waals surface area contributed by atoms with Crippen molar-refractivity contribution in [2.75, 3.05) is 11.9 Å². The molecule has 0 radical (unpaired) electrons. The largest absolute Gasteiger partial charge is 0.480 e. The summed E-state index contributed by atoms with van der Waals surface area (Å²) in [5.74, 6) is -0.734. The molecule has 0 atom stereocenters. The zero-order valence-electron chi connectivity index (χ0n) is 9.30. The summed E-state index contributed by atoms with van der Waals surface area (Å²) in [5.41, 5.74) is -1.04. The molecular weight excluding hydrogens is 208 g/mol. The Morgan fingerprint density at radius 2 is 2.06 bits per heavy atom. The first-order valence-corrected chi connectivity index (χ1v) is 4.59. The molecular formula is C10H12N4O2. The molecule has 16 heavy (non-hydrogen) atoms.